The summed E-state index contributed by atoms with van der Waals surface area (Å²) in [5, 5.41) is 2.75. The van der Waals surface area contributed by atoms with Crippen LogP contribution >= 0.6 is 22.9 Å². The molecule has 0 atom stereocenters. The third-order valence-electron chi connectivity index (χ3n) is 4.04. The van der Waals surface area contributed by atoms with Crippen LogP contribution in [0.15, 0.2) is 41.8 Å². The highest BCUT2D eigenvalue weighted by molar-refractivity contribution is 7.09. The summed E-state index contributed by atoms with van der Waals surface area (Å²) in [4.78, 5) is 15.9. The van der Waals surface area contributed by atoms with Crippen molar-refractivity contribution in [3.05, 3.63) is 57.2 Å². The van der Waals surface area contributed by atoms with Gasteiger partial charge in [-0.25, -0.2) is 0 Å². The third kappa shape index (κ3) is 3.66. The molecule has 1 aromatic heterocycles. The standard InChI is InChI=1S/C17H18ClNOS/c18-15-4-1-3-14(12-15)17(20)19-8-6-13(7-9-19)11-16-5-2-10-21-16/h1-5,10,12-13H,6-9,11H2. The predicted octanol–water partition coefficient (Wildman–Crippen LogP) is 4.50. The van der Waals surface area contributed by atoms with Gasteiger partial charge in [-0.15, -0.1) is 11.3 Å². The molecule has 2 heterocycles. The lowest BCUT2D eigenvalue weighted by Gasteiger charge is -2.32. The Labute approximate surface area is 134 Å². The summed E-state index contributed by atoms with van der Waals surface area (Å²) in [6.45, 7) is 1.70. The van der Waals surface area contributed by atoms with E-state index in [0.717, 1.165) is 32.4 Å². The fourth-order valence-corrected chi connectivity index (χ4v) is 3.87. The maximum Gasteiger partial charge on any atom is 0.253 e. The van der Waals surface area contributed by atoms with Gasteiger partial charge in [-0.05, 0) is 54.8 Å². The van der Waals surface area contributed by atoms with E-state index in [-0.39, 0.29) is 5.91 Å². The van der Waals surface area contributed by atoms with Crippen LogP contribution in [0, 0.1) is 5.92 Å². The lowest BCUT2D eigenvalue weighted by molar-refractivity contribution is 0.0691. The second-order valence-electron chi connectivity index (χ2n) is 5.53. The smallest absolute Gasteiger partial charge is 0.253 e. The van der Waals surface area contributed by atoms with Crippen LogP contribution in [0.2, 0.25) is 5.02 Å². The Kier molecular flexibility index (Phi) is 4.61. The number of benzene rings is 1. The molecule has 3 rings (SSSR count). The summed E-state index contributed by atoms with van der Waals surface area (Å²) in [7, 11) is 0. The summed E-state index contributed by atoms with van der Waals surface area (Å²) in [5.41, 5.74) is 0.694. The maximum atomic E-state index is 12.4. The molecule has 1 saturated heterocycles. The number of amides is 1. The van der Waals surface area contributed by atoms with Crippen molar-refractivity contribution < 1.29 is 4.79 Å². The molecular weight excluding hydrogens is 302 g/mol. The van der Waals surface area contributed by atoms with Crippen molar-refractivity contribution in [3.63, 3.8) is 0 Å². The summed E-state index contributed by atoms with van der Waals surface area (Å²) < 4.78 is 0. The fraction of sp³-hybridized carbons (Fsp3) is 0.353. The molecule has 1 aliphatic rings. The summed E-state index contributed by atoms with van der Waals surface area (Å²) in [6.07, 6.45) is 3.32. The number of halogens is 1. The van der Waals surface area contributed by atoms with Crippen LogP contribution < -0.4 is 0 Å². The van der Waals surface area contributed by atoms with Crippen molar-refractivity contribution in [3.8, 4) is 0 Å². The Morgan fingerprint density at radius 2 is 2.05 bits per heavy atom. The van der Waals surface area contributed by atoms with E-state index in [1.807, 2.05) is 28.4 Å². The summed E-state index contributed by atoms with van der Waals surface area (Å²) in [5.74, 6) is 0.805. The van der Waals surface area contributed by atoms with Gasteiger partial charge in [-0.3, -0.25) is 4.79 Å². The van der Waals surface area contributed by atoms with Crippen LogP contribution in [0.25, 0.3) is 0 Å². The van der Waals surface area contributed by atoms with Crippen LogP contribution in [0.3, 0.4) is 0 Å². The van der Waals surface area contributed by atoms with Crippen molar-refractivity contribution >= 4 is 28.8 Å². The van der Waals surface area contributed by atoms with Crippen LogP contribution in [0.5, 0.6) is 0 Å². The molecule has 0 spiro atoms. The SMILES string of the molecule is O=C(c1cccc(Cl)c1)N1CCC(Cc2cccs2)CC1. The van der Waals surface area contributed by atoms with Crippen molar-refractivity contribution in [1.29, 1.82) is 0 Å². The fourth-order valence-electron chi connectivity index (χ4n) is 2.86. The molecule has 1 fully saturated rings. The maximum absolute atomic E-state index is 12.4. The minimum atomic E-state index is 0.104. The van der Waals surface area contributed by atoms with E-state index in [9.17, 15) is 4.79 Å². The Balaban J connectivity index is 1.57. The minimum Gasteiger partial charge on any atom is -0.339 e. The zero-order valence-corrected chi connectivity index (χ0v) is 13.4. The normalized spacial score (nSPS) is 16.1. The first-order valence-corrected chi connectivity index (χ1v) is 8.55. The second kappa shape index (κ2) is 6.63. The number of carbonyl (C=O) groups excluding carboxylic acids is 1. The Bertz CT molecular complexity index is 603. The molecule has 1 amide bonds. The van der Waals surface area contributed by atoms with E-state index in [1.54, 1.807) is 12.1 Å². The Hall–Kier alpha value is -1.32. The highest BCUT2D eigenvalue weighted by Crippen LogP contribution is 2.25. The average molecular weight is 320 g/mol. The van der Waals surface area contributed by atoms with Gasteiger partial charge in [0, 0.05) is 28.6 Å². The van der Waals surface area contributed by atoms with Gasteiger partial charge >= 0.3 is 0 Å². The molecule has 0 aliphatic carbocycles. The molecule has 0 bridgehead atoms. The van der Waals surface area contributed by atoms with Crippen molar-refractivity contribution in [2.45, 2.75) is 19.3 Å². The third-order valence-corrected chi connectivity index (χ3v) is 5.18. The highest BCUT2D eigenvalue weighted by atomic mass is 35.5. The van der Waals surface area contributed by atoms with E-state index in [2.05, 4.69) is 17.5 Å². The molecule has 0 N–H and O–H groups in total. The molecule has 0 unspecified atom stereocenters. The lowest BCUT2D eigenvalue weighted by atomic mass is 9.92. The zero-order chi connectivity index (χ0) is 14.7. The minimum absolute atomic E-state index is 0.104. The van der Waals surface area contributed by atoms with Crippen LogP contribution in [0.1, 0.15) is 28.1 Å². The number of likely N-dealkylation sites (tertiary alicyclic amines) is 1. The largest absolute Gasteiger partial charge is 0.339 e. The van der Waals surface area contributed by atoms with Crippen LogP contribution in [0.4, 0.5) is 0 Å². The number of hydrogen-bond acceptors (Lipinski definition) is 2. The molecule has 4 heteroatoms. The molecule has 1 aromatic carbocycles. The van der Waals surface area contributed by atoms with Gasteiger partial charge in [0.05, 0.1) is 0 Å². The van der Waals surface area contributed by atoms with Crippen molar-refractivity contribution in [2.24, 2.45) is 5.92 Å². The van der Waals surface area contributed by atoms with E-state index in [0.29, 0.717) is 16.5 Å². The summed E-state index contributed by atoms with van der Waals surface area (Å²) in [6, 6.07) is 11.5. The first kappa shape index (κ1) is 14.6. The first-order valence-electron chi connectivity index (χ1n) is 7.29. The number of nitrogens with zero attached hydrogens (tertiary/aromatic N) is 1. The molecule has 2 nitrogen and oxygen atoms in total. The van der Waals surface area contributed by atoms with Gasteiger partial charge in [0.25, 0.3) is 5.91 Å². The number of hydrogen-bond donors (Lipinski definition) is 0. The van der Waals surface area contributed by atoms with E-state index < -0.39 is 0 Å². The monoisotopic (exact) mass is 319 g/mol. The summed E-state index contributed by atoms with van der Waals surface area (Å²) >= 11 is 7.79. The molecule has 0 radical (unpaired) electrons. The van der Waals surface area contributed by atoms with Gasteiger partial charge in [0.15, 0.2) is 0 Å². The number of piperidine rings is 1. The molecule has 110 valence electrons. The van der Waals surface area contributed by atoms with Gasteiger partial charge in [0.2, 0.25) is 0 Å². The van der Waals surface area contributed by atoms with E-state index >= 15 is 0 Å². The van der Waals surface area contributed by atoms with E-state index in [4.69, 9.17) is 11.6 Å². The van der Waals surface area contributed by atoms with Crippen molar-refractivity contribution in [2.75, 3.05) is 13.1 Å². The molecular formula is C17H18ClNOS. The molecule has 0 saturated carbocycles. The number of thiophene rings is 1. The highest BCUT2D eigenvalue weighted by Gasteiger charge is 2.24. The van der Waals surface area contributed by atoms with Gasteiger partial charge in [-0.2, -0.15) is 0 Å². The molecule has 1 aliphatic heterocycles. The predicted molar refractivity (Wildman–Crippen MR) is 88.1 cm³/mol. The zero-order valence-electron chi connectivity index (χ0n) is 11.8. The second-order valence-corrected chi connectivity index (χ2v) is 7.00. The first-order chi connectivity index (χ1) is 10.2. The Morgan fingerprint density at radius 3 is 2.71 bits per heavy atom. The van der Waals surface area contributed by atoms with Gasteiger partial charge in [-0.1, -0.05) is 23.7 Å². The number of rotatable bonds is 3. The topological polar surface area (TPSA) is 20.3 Å². The van der Waals surface area contributed by atoms with Crippen LogP contribution in [-0.4, -0.2) is 23.9 Å². The van der Waals surface area contributed by atoms with Crippen molar-refractivity contribution in [1.82, 2.24) is 4.90 Å². The van der Waals surface area contributed by atoms with Crippen LogP contribution in [-0.2, 0) is 6.42 Å². The van der Waals surface area contributed by atoms with E-state index in [1.165, 1.54) is 4.88 Å². The van der Waals surface area contributed by atoms with Gasteiger partial charge in [0.1, 0.15) is 0 Å². The average Bonchev–Trinajstić information content (AvgIpc) is 3.00. The molecule has 2 aromatic rings. The lowest BCUT2D eigenvalue weighted by Crippen LogP contribution is -2.38. The Morgan fingerprint density at radius 1 is 1.24 bits per heavy atom. The number of carbonyl (C=O) groups is 1. The van der Waals surface area contributed by atoms with Gasteiger partial charge < -0.3 is 4.90 Å². The molecule has 21 heavy (non-hydrogen) atoms. The quantitative estimate of drug-likeness (QED) is 0.816.